The number of ether oxygens (including phenoxy) is 2. The molecule has 0 amide bonds. The first kappa shape index (κ1) is 13.6. The normalized spacial score (nSPS) is 10.6. The van der Waals surface area contributed by atoms with Crippen LogP contribution in [0.2, 0.25) is 0 Å². The smallest absolute Gasteiger partial charge is 0.129 e. The second kappa shape index (κ2) is 6.36. The number of methoxy groups -OCH3 is 1. The first-order chi connectivity index (χ1) is 8.70. The molecule has 0 aliphatic heterocycles. The fourth-order valence-corrected chi connectivity index (χ4v) is 2.64. The molecule has 1 heterocycles. The maximum absolute atomic E-state index is 5.56. The Hall–Kier alpha value is -0.850. The van der Waals surface area contributed by atoms with E-state index in [9.17, 15) is 0 Å². The molecule has 0 radical (unpaired) electrons. The third-order valence-corrected chi connectivity index (χ3v) is 3.21. The van der Waals surface area contributed by atoms with Crippen LogP contribution in [0.25, 0.3) is 5.69 Å². The van der Waals surface area contributed by atoms with E-state index in [1.54, 1.807) is 11.8 Å². The topological polar surface area (TPSA) is 36.3 Å². The van der Waals surface area contributed by atoms with E-state index in [0.29, 0.717) is 13.2 Å². The summed E-state index contributed by atoms with van der Waals surface area (Å²) in [4.78, 5) is 0. The second-order valence-corrected chi connectivity index (χ2v) is 5.17. The molecule has 1 aromatic carbocycles. The van der Waals surface area contributed by atoms with E-state index < -0.39 is 0 Å². The molecule has 1 aromatic heterocycles. The van der Waals surface area contributed by atoms with Crippen LogP contribution in [0, 0.1) is 0 Å². The molecule has 2 aromatic rings. The molecule has 0 aliphatic rings. The van der Waals surface area contributed by atoms with E-state index in [-0.39, 0.29) is 0 Å². The second-order valence-electron chi connectivity index (χ2n) is 3.54. The Balaban J connectivity index is 2.19. The third kappa shape index (κ3) is 3.34. The highest BCUT2D eigenvalue weighted by Gasteiger charge is 2.06. The fourth-order valence-electron chi connectivity index (χ4n) is 1.46. The van der Waals surface area contributed by atoms with Gasteiger partial charge in [-0.15, -0.1) is 0 Å². The Morgan fingerprint density at radius 3 is 2.72 bits per heavy atom. The molecular weight excluding hydrogens is 364 g/mol. The van der Waals surface area contributed by atoms with Gasteiger partial charge in [0.15, 0.2) is 0 Å². The van der Waals surface area contributed by atoms with Crippen molar-refractivity contribution in [2.75, 3.05) is 20.3 Å². The highest BCUT2D eigenvalue weighted by Crippen LogP contribution is 2.23. The van der Waals surface area contributed by atoms with Gasteiger partial charge in [0, 0.05) is 19.2 Å². The van der Waals surface area contributed by atoms with E-state index >= 15 is 0 Å². The molecule has 0 unspecified atom stereocenters. The molecule has 0 atom stereocenters. The molecule has 96 valence electrons. The molecular formula is C12H12Br2N2O2. The molecule has 0 saturated carbocycles. The van der Waals surface area contributed by atoms with Gasteiger partial charge in [0.2, 0.25) is 0 Å². The first-order valence-corrected chi connectivity index (χ1v) is 6.92. The summed E-state index contributed by atoms with van der Waals surface area (Å²) in [5.41, 5.74) is 0.933. The summed E-state index contributed by atoms with van der Waals surface area (Å²) in [6, 6.07) is 9.62. The zero-order chi connectivity index (χ0) is 13.0. The summed E-state index contributed by atoms with van der Waals surface area (Å²) in [6.07, 6.45) is 0. The number of hydrogen-bond acceptors (Lipinski definition) is 3. The molecule has 2 rings (SSSR count). The Morgan fingerprint density at radius 1 is 1.22 bits per heavy atom. The first-order valence-electron chi connectivity index (χ1n) is 5.34. The minimum Gasteiger partial charge on any atom is -0.491 e. The molecule has 0 fully saturated rings. The zero-order valence-electron chi connectivity index (χ0n) is 9.77. The lowest BCUT2D eigenvalue weighted by Crippen LogP contribution is -2.05. The molecule has 18 heavy (non-hydrogen) atoms. The number of nitrogens with zero attached hydrogens (tertiary/aromatic N) is 2. The van der Waals surface area contributed by atoms with Gasteiger partial charge < -0.3 is 9.47 Å². The molecule has 0 spiro atoms. The monoisotopic (exact) mass is 374 g/mol. The van der Waals surface area contributed by atoms with Crippen LogP contribution in [0.3, 0.4) is 0 Å². The van der Waals surface area contributed by atoms with E-state index in [2.05, 4.69) is 37.0 Å². The van der Waals surface area contributed by atoms with Crippen LogP contribution in [0.1, 0.15) is 0 Å². The van der Waals surface area contributed by atoms with Crippen LogP contribution in [-0.4, -0.2) is 30.1 Å². The van der Waals surface area contributed by atoms with Gasteiger partial charge in [0.05, 0.1) is 12.3 Å². The minimum absolute atomic E-state index is 0.532. The zero-order valence-corrected chi connectivity index (χ0v) is 12.9. The van der Waals surface area contributed by atoms with E-state index in [4.69, 9.17) is 9.47 Å². The van der Waals surface area contributed by atoms with Crippen LogP contribution in [0.5, 0.6) is 5.75 Å². The van der Waals surface area contributed by atoms with Crippen molar-refractivity contribution in [3.05, 3.63) is 39.5 Å². The number of rotatable bonds is 5. The van der Waals surface area contributed by atoms with Gasteiger partial charge >= 0.3 is 0 Å². The van der Waals surface area contributed by atoms with Crippen molar-refractivity contribution < 1.29 is 9.47 Å². The van der Waals surface area contributed by atoms with Crippen molar-refractivity contribution in [1.29, 1.82) is 0 Å². The van der Waals surface area contributed by atoms with E-state index in [1.165, 1.54) is 0 Å². The van der Waals surface area contributed by atoms with Crippen molar-refractivity contribution in [2.24, 2.45) is 0 Å². The van der Waals surface area contributed by atoms with Crippen LogP contribution in [0.15, 0.2) is 39.5 Å². The lowest BCUT2D eigenvalue weighted by atomic mass is 10.3. The molecule has 6 heteroatoms. The maximum atomic E-state index is 5.56. The maximum Gasteiger partial charge on any atom is 0.129 e. The van der Waals surface area contributed by atoms with Crippen LogP contribution < -0.4 is 4.74 Å². The van der Waals surface area contributed by atoms with Gasteiger partial charge in [-0.2, -0.15) is 5.10 Å². The molecule has 0 saturated heterocycles. The summed E-state index contributed by atoms with van der Waals surface area (Å²) in [7, 11) is 1.65. The van der Waals surface area contributed by atoms with Crippen molar-refractivity contribution in [1.82, 2.24) is 9.78 Å². The van der Waals surface area contributed by atoms with Gasteiger partial charge in [-0.05, 0) is 44.0 Å². The average molecular weight is 376 g/mol. The van der Waals surface area contributed by atoms with Crippen LogP contribution >= 0.6 is 31.9 Å². The standard InChI is InChI=1S/C12H12Br2N2O2/c1-17-5-6-18-10-4-2-3-9(7-10)16-12(14)8-11(13)15-16/h2-4,7-8H,5-6H2,1H3. The molecule has 4 nitrogen and oxygen atoms in total. The predicted octanol–water partition coefficient (Wildman–Crippen LogP) is 3.42. The van der Waals surface area contributed by atoms with Crippen molar-refractivity contribution in [2.45, 2.75) is 0 Å². The highest BCUT2D eigenvalue weighted by molar-refractivity contribution is 9.11. The summed E-state index contributed by atoms with van der Waals surface area (Å²) in [5.74, 6) is 0.795. The highest BCUT2D eigenvalue weighted by atomic mass is 79.9. The molecule has 0 N–H and O–H groups in total. The molecule has 0 aliphatic carbocycles. The number of benzene rings is 1. The molecule has 0 bridgehead atoms. The lowest BCUT2D eigenvalue weighted by molar-refractivity contribution is 0.146. The van der Waals surface area contributed by atoms with Crippen molar-refractivity contribution in [3.8, 4) is 11.4 Å². The van der Waals surface area contributed by atoms with E-state index in [0.717, 1.165) is 20.6 Å². The summed E-state index contributed by atoms with van der Waals surface area (Å²) in [5, 5.41) is 4.32. The number of aromatic nitrogens is 2. The average Bonchev–Trinajstić information content (AvgIpc) is 2.69. The predicted molar refractivity (Wildman–Crippen MR) is 76.3 cm³/mol. The van der Waals surface area contributed by atoms with Crippen LogP contribution in [0.4, 0.5) is 0 Å². The van der Waals surface area contributed by atoms with Crippen molar-refractivity contribution in [3.63, 3.8) is 0 Å². The summed E-state index contributed by atoms with van der Waals surface area (Å²) in [6.45, 7) is 1.10. The summed E-state index contributed by atoms with van der Waals surface area (Å²) < 4.78 is 13.9. The number of halogens is 2. The summed E-state index contributed by atoms with van der Waals surface area (Å²) >= 11 is 6.79. The van der Waals surface area contributed by atoms with Gasteiger partial charge in [-0.3, -0.25) is 0 Å². The quantitative estimate of drug-likeness (QED) is 0.751. The Bertz CT molecular complexity index is 529. The SMILES string of the molecule is COCCOc1cccc(-n2nc(Br)cc2Br)c1. The van der Waals surface area contributed by atoms with Crippen molar-refractivity contribution >= 4 is 31.9 Å². The van der Waals surface area contributed by atoms with Gasteiger partial charge in [0.1, 0.15) is 21.6 Å². The third-order valence-electron chi connectivity index (χ3n) is 2.25. The Labute approximate surface area is 122 Å². The lowest BCUT2D eigenvalue weighted by Gasteiger charge is -2.08. The van der Waals surface area contributed by atoms with E-state index in [1.807, 2.05) is 30.3 Å². The van der Waals surface area contributed by atoms with Gasteiger partial charge in [-0.1, -0.05) is 6.07 Å². The van der Waals surface area contributed by atoms with Gasteiger partial charge in [0.25, 0.3) is 0 Å². The number of hydrogen-bond donors (Lipinski definition) is 0. The van der Waals surface area contributed by atoms with Crippen LogP contribution in [-0.2, 0) is 4.74 Å². The largest absolute Gasteiger partial charge is 0.491 e. The fraction of sp³-hybridized carbons (Fsp3) is 0.250. The minimum atomic E-state index is 0.532. The Morgan fingerprint density at radius 2 is 2.06 bits per heavy atom. The Kier molecular flexibility index (Phi) is 4.79. The van der Waals surface area contributed by atoms with Gasteiger partial charge in [-0.25, -0.2) is 4.68 Å².